The summed E-state index contributed by atoms with van der Waals surface area (Å²) in [5.41, 5.74) is 1.78. The number of benzene rings is 2. The lowest BCUT2D eigenvalue weighted by molar-refractivity contribution is 0.102. The molecule has 0 spiro atoms. The Hall–Kier alpha value is -2.86. The average Bonchev–Trinajstić information content (AvgIpc) is 3.05. The molecule has 0 saturated heterocycles. The number of aromatic nitrogens is 1. The van der Waals surface area contributed by atoms with Crippen LogP contribution in [0.1, 0.15) is 10.5 Å². The van der Waals surface area contributed by atoms with Crippen LogP contribution in [0.2, 0.25) is 0 Å². The Balaban J connectivity index is 1.76. The van der Waals surface area contributed by atoms with Crippen LogP contribution in [-0.2, 0) is 0 Å². The predicted molar refractivity (Wildman–Crippen MR) is 90.2 cm³/mol. The van der Waals surface area contributed by atoms with Crippen molar-refractivity contribution in [2.45, 2.75) is 0 Å². The van der Waals surface area contributed by atoms with E-state index in [1.165, 1.54) is 17.4 Å². The van der Waals surface area contributed by atoms with Crippen molar-refractivity contribution in [1.82, 2.24) is 4.98 Å². The van der Waals surface area contributed by atoms with Gasteiger partial charge in [-0.1, -0.05) is 6.07 Å². The maximum absolute atomic E-state index is 12.2. The van der Waals surface area contributed by atoms with Crippen molar-refractivity contribution < 1.29 is 14.6 Å². The summed E-state index contributed by atoms with van der Waals surface area (Å²) in [5, 5.41) is 14.6. The fourth-order valence-electron chi connectivity index (χ4n) is 2.02. The molecule has 0 fully saturated rings. The maximum Gasteiger partial charge on any atom is 0.275 e. The van der Waals surface area contributed by atoms with Crippen molar-refractivity contribution in [3.05, 3.63) is 59.6 Å². The number of phenols is 1. The number of hydrogen-bond donors (Lipinski definition) is 2. The highest BCUT2D eigenvalue weighted by Crippen LogP contribution is 2.26. The SMILES string of the molecule is COc1ccc(-c2nc(C(=O)Nc3cccc(O)c3)cs2)cc1. The first-order valence-corrected chi connectivity index (χ1v) is 7.74. The smallest absolute Gasteiger partial charge is 0.275 e. The molecule has 3 rings (SSSR count). The van der Waals surface area contributed by atoms with Crippen LogP contribution in [0.25, 0.3) is 10.6 Å². The van der Waals surface area contributed by atoms with Crippen molar-refractivity contribution in [3.8, 4) is 22.1 Å². The van der Waals surface area contributed by atoms with Gasteiger partial charge in [0.1, 0.15) is 22.2 Å². The van der Waals surface area contributed by atoms with E-state index in [9.17, 15) is 9.90 Å². The summed E-state index contributed by atoms with van der Waals surface area (Å²) >= 11 is 1.40. The number of phenolic OH excluding ortho intramolecular Hbond substituents is 1. The molecule has 0 aliphatic heterocycles. The molecule has 6 heteroatoms. The molecule has 3 aromatic rings. The number of aromatic hydroxyl groups is 1. The van der Waals surface area contributed by atoms with E-state index in [1.54, 1.807) is 30.7 Å². The van der Waals surface area contributed by atoms with Crippen molar-refractivity contribution in [3.63, 3.8) is 0 Å². The van der Waals surface area contributed by atoms with E-state index in [0.717, 1.165) is 16.3 Å². The van der Waals surface area contributed by atoms with Gasteiger partial charge >= 0.3 is 0 Å². The Kier molecular flexibility index (Phi) is 4.25. The van der Waals surface area contributed by atoms with Crippen LogP contribution >= 0.6 is 11.3 Å². The summed E-state index contributed by atoms with van der Waals surface area (Å²) < 4.78 is 5.12. The van der Waals surface area contributed by atoms with Gasteiger partial charge in [0.2, 0.25) is 0 Å². The first-order chi connectivity index (χ1) is 11.2. The first kappa shape index (κ1) is 15.1. The average molecular weight is 326 g/mol. The fraction of sp³-hybridized carbons (Fsp3) is 0.0588. The minimum absolute atomic E-state index is 0.0972. The lowest BCUT2D eigenvalue weighted by atomic mass is 10.2. The van der Waals surface area contributed by atoms with Gasteiger partial charge in [-0.15, -0.1) is 11.3 Å². The zero-order valence-electron chi connectivity index (χ0n) is 12.3. The molecule has 0 aliphatic rings. The molecule has 5 nitrogen and oxygen atoms in total. The number of hydrogen-bond acceptors (Lipinski definition) is 5. The van der Waals surface area contributed by atoms with Crippen molar-refractivity contribution in [2.75, 3.05) is 12.4 Å². The number of nitrogens with zero attached hydrogens (tertiary/aromatic N) is 1. The molecule has 0 aliphatic carbocycles. The molecule has 116 valence electrons. The minimum atomic E-state index is -0.313. The Morgan fingerprint density at radius 2 is 2.00 bits per heavy atom. The minimum Gasteiger partial charge on any atom is -0.508 e. The van der Waals surface area contributed by atoms with Gasteiger partial charge in [0.05, 0.1) is 7.11 Å². The molecule has 1 amide bonds. The highest BCUT2D eigenvalue weighted by Gasteiger charge is 2.12. The molecule has 23 heavy (non-hydrogen) atoms. The quantitative estimate of drug-likeness (QED) is 0.765. The van der Waals surface area contributed by atoms with Crippen molar-refractivity contribution in [2.24, 2.45) is 0 Å². The van der Waals surface area contributed by atoms with E-state index in [2.05, 4.69) is 10.3 Å². The topological polar surface area (TPSA) is 71.5 Å². The number of rotatable bonds is 4. The van der Waals surface area contributed by atoms with E-state index in [0.29, 0.717) is 11.4 Å². The molecule has 0 atom stereocenters. The number of ether oxygens (including phenoxy) is 1. The van der Waals surface area contributed by atoms with Gasteiger partial charge in [-0.25, -0.2) is 4.98 Å². The molecule has 0 radical (unpaired) electrons. The van der Waals surface area contributed by atoms with E-state index >= 15 is 0 Å². The number of anilines is 1. The van der Waals surface area contributed by atoms with Gasteiger partial charge in [-0.2, -0.15) is 0 Å². The van der Waals surface area contributed by atoms with Gasteiger partial charge in [0.15, 0.2) is 0 Å². The summed E-state index contributed by atoms with van der Waals surface area (Å²) in [6.45, 7) is 0. The third kappa shape index (κ3) is 3.49. The first-order valence-electron chi connectivity index (χ1n) is 6.86. The van der Waals surface area contributed by atoms with Gasteiger partial charge in [0, 0.05) is 22.7 Å². The fourth-order valence-corrected chi connectivity index (χ4v) is 2.83. The van der Waals surface area contributed by atoms with E-state index in [1.807, 2.05) is 24.3 Å². The largest absolute Gasteiger partial charge is 0.508 e. The Bertz CT molecular complexity index is 828. The van der Waals surface area contributed by atoms with Gasteiger partial charge in [-0.3, -0.25) is 4.79 Å². The van der Waals surface area contributed by atoms with Gasteiger partial charge in [0.25, 0.3) is 5.91 Å². The number of carbonyl (C=O) groups excluding carboxylic acids is 1. The molecule has 2 N–H and O–H groups in total. The highest BCUT2D eigenvalue weighted by atomic mass is 32.1. The van der Waals surface area contributed by atoms with Crippen LogP contribution in [0.5, 0.6) is 11.5 Å². The zero-order chi connectivity index (χ0) is 16.2. The van der Waals surface area contributed by atoms with E-state index in [-0.39, 0.29) is 11.7 Å². The van der Waals surface area contributed by atoms with Crippen LogP contribution in [-0.4, -0.2) is 23.1 Å². The van der Waals surface area contributed by atoms with Crippen LogP contribution in [0.15, 0.2) is 53.9 Å². The molecule has 2 aromatic carbocycles. The third-order valence-corrected chi connectivity index (χ3v) is 4.07. The number of nitrogens with one attached hydrogen (secondary N) is 1. The van der Waals surface area contributed by atoms with Crippen LogP contribution in [0, 0.1) is 0 Å². The molecular weight excluding hydrogens is 312 g/mol. The standard InChI is InChI=1S/C17H14N2O3S/c1-22-14-7-5-11(6-8-14)17-19-15(10-23-17)16(21)18-12-3-2-4-13(20)9-12/h2-10,20H,1H3,(H,18,21). The van der Waals surface area contributed by atoms with Crippen LogP contribution < -0.4 is 10.1 Å². The molecule has 1 heterocycles. The second kappa shape index (κ2) is 6.50. The summed E-state index contributed by atoms with van der Waals surface area (Å²) in [5.74, 6) is 0.554. The molecular formula is C17H14N2O3S. The second-order valence-corrected chi connectivity index (χ2v) is 5.63. The number of carbonyl (C=O) groups is 1. The van der Waals surface area contributed by atoms with Crippen molar-refractivity contribution in [1.29, 1.82) is 0 Å². The predicted octanol–water partition coefficient (Wildman–Crippen LogP) is 3.78. The monoisotopic (exact) mass is 326 g/mol. The molecule has 1 aromatic heterocycles. The van der Waals surface area contributed by atoms with Crippen molar-refractivity contribution >= 4 is 22.9 Å². The second-order valence-electron chi connectivity index (χ2n) is 4.77. The molecule has 0 unspecified atom stereocenters. The third-order valence-electron chi connectivity index (χ3n) is 3.18. The Morgan fingerprint density at radius 3 is 2.70 bits per heavy atom. The lowest BCUT2D eigenvalue weighted by Crippen LogP contribution is -2.12. The summed E-state index contributed by atoms with van der Waals surface area (Å²) in [6, 6.07) is 13.9. The summed E-state index contributed by atoms with van der Waals surface area (Å²) in [6.07, 6.45) is 0. The highest BCUT2D eigenvalue weighted by molar-refractivity contribution is 7.13. The van der Waals surface area contributed by atoms with Gasteiger partial charge in [-0.05, 0) is 36.4 Å². The maximum atomic E-state index is 12.2. The summed E-state index contributed by atoms with van der Waals surface area (Å²) in [4.78, 5) is 16.6. The van der Waals surface area contributed by atoms with Crippen LogP contribution in [0.3, 0.4) is 0 Å². The number of amides is 1. The normalized spacial score (nSPS) is 10.3. The van der Waals surface area contributed by atoms with E-state index < -0.39 is 0 Å². The number of methoxy groups -OCH3 is 1. The Morgan fingerprint density at radius 1 is 1.22 bits per heavy atom. The lowest BCUT2D eigenvalue weighted by Gasteiger charge is -2.03. The van der Waals surface area contributed by atoms with E-state index in [4.69, 9.17) is 4.74 Å². The molecule has 0 bridgehead atoms. The summed E-state index contributed by atoms with van der Waals surface area (Å²) in [7, 11) is 1.61. The van der Waals surface area contributed by atoms with Gasteiger partial charge < -0.3 is 15.2 Å². The zero-order valence-corrected chi connectivity index (χ0v) is 13.1. The Labute approximate surface area is 137 Å². The number of thiazole rings is 1. The molecule has 0 saturated carbocycles. The van der Waals surface area contributed by atoms with Crippen LogP contribution in [0.4, 0.5) is 5.69 Å².